The summed E-state index contributed by atoms with van der Waals surface area (Å²) >= 11 is 0. The van der Waals surface area contributed by atoms with Crippen LogP contribution in [0.15, 0.2) is 53.5 Å². The second-order valence-electron chi connectivity index (χ2n) is 8.25. The van der Waals surface area contributed by atoms with E-state index >= 15 is 0 Å². The van der Waals surface area contributed by atoms with E-state index in [1.165, 1.54) is 48.9 Å². The summed E-state index contributed by atoms with van der Waals surface area (Å²) in [6, 6.07) is 17.9. The van der Waals surface area contributed by atoms with Gasteiger partial charge in [0.25, 0.3) is 0 Å². The first-order valence-electron chi connectivity index (χ1n) is 10.6. The first-order chi connectivity index (χ1) is 13.7. The fourth-order valence-electron chi connectivity index (χ4n) is 4.22. The van der Waals surface area contributed by atoms with Crippen LogP contribution >= 0.6 is 0 Å². The van der Waals surface area contributed by atoms with Gasteiger partial charge in [-0.25, -0.2) is 4.99 Å². The van der Waals surface area contributed by atoms with Crippen LogP contribution in [0.3, 0.4) is 0 Å². The minimum Gasteiger partial charge on any atom is -0.378 e. The molecular weight excluding hydrogens is 344 g/mol. The van der Waals surface area contributed by atoms with Crippen molar-refractivity contribution in [3.63, 3.8) is 0 Å². The number of rotatable bonds is 3. The molecule has 148 valence electrons. The van der Waals surface area contributed by atoms with E-state index in [1.54, 1.807) is 0 Å². The highest BCUT2D eigenvalue weighted by Crippen LogP contribution is 2.24. The molecule has 0 atom stereocenters. The Bertz CT molecular complexity index is 804. The Morgan fingerprint density at radius 2 is 1.68 bits per heavy atom. The van der Waals surface area contributed by atoms with Crippen LogP contribution in [-0.2, 0) is 13.0 Å². The summed E-state index contributed by atoms with van der Waals surface area (Å²) in [6.45, 7) is 1.95. The van der Waals surface area contributed by atoms with Gasteiger partial charge in [0.15, 0.2) is 5.96 Å². The van der Waals surface area contributed by atoms with Crippen molar-refractivity contribution in [2.45, 2.75) is 51.1 Å². The van der Waals surface area contributed by atoms with Gasteiger partial charge in [-0.15, -0.1) is 0 Å². The summed E-state index contributed by atoms with van der Waals surface area (Å²) in [5, 5.41) is 3.65. The molecule has 1 fully saturated rings. The number of hydrogen-bond acceptors (Lipinski definition) is 2. The number of aliphatic imine (C=N–C) groups is 1. The van der Waals surface area contributed by atoms with Crippen LogP contribution in [0.5, 0.6) is 0 Å². The molecule has 4 nitrogen and oxygen atoms in total. The van der Waals surface area contributed by atoms with Crippen molar-refractivity contribution in [3.8, 4) is 0 Å². The molecule has 0 radical (unpaired) electrons. The summed E-state index contributed by atoms with van der Waals surface area (Å²) in [5.41, 5.74) is 5.23. The Kier molecular flexibility index (Phi) is 5.84. The molecule has 2 aromatic carbocycles. The lowest BCUT2D eigenvalue weighted by atomic mass is 9.96. The molecule has 1 saturated carbocycles. The molecule has 0 amide bonds. The first kappa shape index (κ1) is 18.9. The third-order valence-electron chi connectivity index (χ3n) is 5.95. The van der Waals surface area contributed by atoms with Crippen molar-refractivity contribution in [1.29, 1.82) is 0 Å². The fourth-order valence-corrected chi connectivity index (χ4v) is 4.22. The monoisotopic (exact) mass is 376 g/mol. The lowest BCUT2D eigenvalue weighted by Crippen LogP contribution is -2.41. The van der Waals surface area contributed by atoms with Gasteiger partial charge in [-0.1, -0.05) is 43.5 Å². The number of nitrogens with one attached hydrogen (secondary N) is 1. The highest BCUT2D eigenvalue weighted by molar-refractivity contribution is 5.94. The molecule has 0 aromatic heterocycles. The standard InChI is InChI=1S/C24H32N4/c1-27(2)23-14-12-22(13-15-23)26-24(25-21-10-4-3-5-11-21)28-17-16-19-8-6-7-9-20(19)18-28/h6-9,12-15,21H,3-5,10-11,16-18H2,1-2H3,(H,25,26). The number of hydrogen-bond donors (Lipinski definition) is 1. The minimum atomic E-state index is 0.453. The number of fused-ring (bicyclic) bond motifs is 1. The second kappa shape index (κ2) is 8.68. The van der Waals surface area contributed by atoms with Crippen molar-refractivity contribution in [1.82, 2.24) is 4.90 Å². The Hall–Kier alpha value is -2.49. The largest absolute Gasteiger partial charge is 0.378 e. The van der Waals surface area contributed by atoms with E-state index in [0.717, 1.165) is 31.2 Å². The summed E-state index contributed by atoms with van der Waals surface area (Å²) < 4.78 is 0. The van der Waals surface area contributed by atoms with Gasteiger partial charge in [0.05, 0.1) is 6.04 Å². The zero-order chi connectivity index (χ0) is 19.3. The third kappa shape index (κ3) is 4.49. The average molecular weight is 377 g/mol. The van der Waals surface area contributed by atoms with Crippen LogP contribution in [0, 0.1) is 0 Å². The van der Waals surface area contributed by atoms with Crippen molar-refractivity contribution < 1.29 is 0 Å². The van der Waals surface area contributed by atoms with Crippen LogP contribution < -0.4 is 10.2 Å². The van der Waals surface area contributed by atoms with Crippen molar-refractivity contribution in [2.75, 3.05) is 30.9 Å². The molecule has 1 N–H and O–H groups in total. The smallest absolute Gasteiger partial charge is 0.199 e. The molecule has 28 heavy (non-hydrogen) atoms. The summed E-state index contributed by atoms with van der Waals surface area (Å²) in [5.74, 6) is 1.04. The molecule has 0 saturated heterocycles. The van der Waals surface area contributed by atoms with Gasteiger partial charge >= 0.3 is 0 Å². The quantitative estimate of drug-likeness (QED) is 0.610. The predicted molar refractivity (Wildman–Crippen MR) is 119 cm³/mol. The van der Waals surface area contributed by atoms with E-state index in [-0.39, 0.29) is 0 Å². The van der Waals surface area contributed by atoms with Gasteiger partial charge < -0.3 is 15.1 Å². The van der Waals surface area contributed by atoms with Gasteiger partial charge in [-0.05, 0) is 54.7 Å². The fraction of sp³-hybridized carbons (Fsp3) is 0.458. The van der Waals surface area contributed by atoms with Gasteiger partial charge in [0.1, 0.15) is 0 Å². The predicted octanol–water partition coefficient (Wildman–Crippen LogP) is 4.91. The summed E-state index contributed by atoms with van der Waals surface area (Å²) in [6.07, 6.45) is 7.49. The highest BCUT2D eigenvalue weighted by Gasteiger charge is 2.21. The van der Waals surface area contributed by atoms with Gasteiger partial charge in [0, 0.05) is 38.6 Å². The molecule has 0 unspecified atom stereocenters. The molecule has 4 rings (SSSR count). The summed E-state index contributed by atoms with van der Waals surface area (Å²) in [4.78, 5) is 9.76. The summed E-state index contributed by atoms with van der Waals surface area (Å²) in [7, 11) is 4.15. The Balaban J connectivity index is 1.56. The Morgan fingerprint density at radius 3 is 2.39 bits per heavy atom. The van der Waals surface area contributed by atoms with Gasteiger partial charge in [-0.3, -0.25) is 0 Å². The molecular formula is C24H32N4. The topological polar surface area (TPSA) is 30.9 Å². The zero-order valence-corrected chi connectivity index (χ0v) is 17.2. The van der Waals surface area contributed by atoms with Crippen LogP contribution in [0.2, 0.25) is 0 Å². The van der Waals surface area contributed by atoms with Crippen LogP contribution in [0.4, 0.5) is 11.4 Å². The SMILES string of the molecule is CN(C)c1ccc(NC(=NC2CCCCC2)N2CCc3ccccc3C2)cc1. The molecule has 1 aliphatic heterocycles. The maximum absolute atomic E-state index is 5.21. The van der Waals surface area contributed by atoms with E-state index in [9.17, 15) is 0 Å². The molecule has 2 aromatic rings. The number of nitrogens with zero attached hydrogens (tertiary/aromatic N) is 3. The van der Waals surface area contributed by atoms with E-state index in [0.29, 0.717) is 6.04 Å². The lowest BCUT2D eigenvalue weighted by Gasteiger charge is -2.33. The maximum Gasteiger partial charge on any atom is 0.199 e. The minimum absolute atomic E-state index is 0.453. The van der Waals surface area contributed by atoms with Crippen molar-refractivity contribution in [2.24, 2.45) is 4.99 Å². The molecule has 0 bridgehead atoms. The van der Waals surface area contributed by atoms with E-state index in [1.807, 2.05) is 0 Å². The Morgan fingerprint density at radius 1 is 0.964 bits per heavy atom. The number of benzene rings is 2. The molecule has 0 spiro atoms. The van der Waals surface area contributed by atoms with E-state index in [4.69, 9.17) is 4.99 Å². The van der Waals surface area contributed by atoms with Crippen LogP contribution in [0.1, 0.15) is 43.2 Å². The van der Waals surface area contributed by atoms with E-state index < -0.39 is 0 Å². The molecule has 1 heterocycles. The number of guanidine groups is 1. The first-order valence-corrected chi connectivity index (χ1v) is 10.6. The average Bonchev–Trinajstić information content (AvgIpc) is 2.74. The molecule has 1 aliphatic carbocycles. The van der Waals surface area contributed by atoms with Crippen molar-refractivity contribution in [3.05, 3.63) is 59.7 Å². The van der Waals surface area contributed by atoms with Crippen molar-refractivity contribution >= 4 is 17.3 Å². The molecule has 2 aliphatic rings. The third-order valence-corrected chi connectivity index (χ3v) is 5.95. The highest BCUT2D eigenvalue weighted by atomic mass is 15.3. The van der Waals surface area contributed by atoms with Crippen LogP contribution in [0.25, 0.3) is 0 Å². The second-order valence-corrected chi connectivity index (χ2v) is 8.25. The van der Waals surface area contributed by atoms with Gasteiger partial charge in [0.2, 0.25) is 0 Å². The zero-order valence-electron chi connectivity index (χ0n) is 17.2. The van der Waals surface area contributed by atoms with Crippen LogP contribution in [-0.4, -0.2) is 37.5 Å². The Labute approximate surface area is 169 Å². The normalized spacial score (nSPS) is 17.9. The lowest BCUT2D eigenvalue weighted by molar-refractivity contribution is 0.380. The number of anilines is 2. The molecule has 4 heteroatoms. The van der Waals surface area contributed by atoms with Gasteiger partial charge in [-0.2, -0.15) is 0 Å². The van der Waals surface area contributed by atoms with E-state index in [2.05, 4.69) is 77.7 Å². The maximum atomic E-state index is 5.21.